The smallest absolute Gasteiger partial charge is 0.248 e. The minimum Gasteiger partial charge on any atom is -0.452 e. The molecule has 0 aliphatic rings. The van der Waals surface area contributed by atoms with Gasteiger partial charge in [-0.15, -0.1) is 0 Å². The van der Waals surface area contributed by atoms with Gasteiger partial charge in [-0.2, -0.15) is 0 Å². The lowest BCUT2D eigenvalue weighted by molar-refractivity contribution is -0.0980. The molecule has 0 aliphatic heterocycles. The molecule has 0 saturated carbocycles. The third kappa shape index (κ3) is 3.11. The highest BCUT2D eigenvalue weighted by Gasteiger charge is 2.28. The Kier molecular flexibility index (Phi) is 4.26. The zero-order chi connectivity index (χ0) is 18.0. The summed E-state index contributed by atoms with van der Waals surface area (Å²) in [7, 11) is 0. The van der Waals surface area contributed by atoms with Crippen LogP contribution >= 0.6 is 0 Å². The maximum Gasteiger partial charge on any atom is 0.248 e. The van der Waals surface area contributed by atoms with Crippen molar-refractivity contribution < 1.29 is 9.47 Å². The number of rotatable bonds is 5. The SMILES string of the molecule is CCC(C)(Oc1cccc2ccccc12)Oc1cccc2ccccc12. The summed E-state index contributed by atoms with van der Waals surface area (Å²) in [4.78, 5) is 0. The first-order chi connectivity index (χ1) is 12.7. The van der Waals surface area contributed by atoms with E-state index in [1.807, 2.05) is 55.5 Å². The van der Waals surface area contributed by atoms with Crippen LogP contribution < -0.4 is 9.47 Å². The molecule has 0 heterocycles. The highest BCUT2D eigenvalue weighted by molar-refractivity contribution is 5.89. The molecule has 130 valence electrons. The van der Waals surface area contributed by atoms with Crippen LogP contribution in [0.1, 0.15) is 20.3 Å². The molecule has 26 heavy (non-hydrogen) atoms. The van der Waals surface area contributed by atoms with E-state index in [-0.39, 0.29) is 0 Å². The fraction of sp³-hybridized carbons (Fsp3) is 0.167. The molecular formula is C24H22O2. The van der Waals surface area contributed by atoms with Gasteiger partial charge < -0.3 is 9.47 Å². The van der Waals surface area contributed by atoms with E-state index in [9.17, 15) is 0 Å². The van der Waals surface area contributed by atoms with E-state index in [1.165, 1.54) is 0 Å². The Morgan fingerprint density at radius 3 is 1.50 bits per heavy atom. The highest BCUT2D eigenvalue weighted by Crippen LogP contribution is 2.33. The molecule has 0 aliphatic carbocycles. The van der Waals surface area contributed by atoms with Crippen molar-refractivity contribution in [2.75, 3.05) is 0 Å². The zero-order valence-electron chi connectivity index (χ0n) is 15.1. The van der Waals surface area contributed by atoms with Crippen molar-refractivity contribution in [1.29, 1.82) is 0 Å². The first-order valence-corrected chi connectivity index (χ1v) is 9.02. The van der Waals surface area contributed by atoms with Crippen molar-refractivity contribution in [2.45, 2.75) is 26.1 Å². The number of benzene rings is 4. The summed E-state index contributed by atoms with van der Waals surface area (Å²) < 4.78 is 12.8. The molecule has 0 amide bonds. The third-order valence-corrected chi connectivity index (χ3v) is 4.79. The Balaban J connectivity index is 1.71. The Morgan fingerprint density at radius 1 is 0.615 bits per heavy atom. The lowest BCUT2D eigenvalue weighted by atomic mass is 10.1. The molecule has 0 bridgehead atoms. The van der Waals surface area contributed by atoms with E-state index in [1.54, 1.807) is 0 Å². The number of fused-ring (bicyclic) bond motifs is 2. The largest absolute Gasteiger partial charge is 0.452 e. The zero-order valence-corrected chi connectivity index (χ0v) is 15.1. The van der Waals surface area contributed by atoms with E-state index >= 15 is 0 Å². The fourth-order valence-corrected chi connectivity index (χ4v) is 3.20. The molecule has 2 nitrogen and oxygen atoms in total. The van der Waals surface area contributed by atoms with Crippen LogP contribution in [-0.4, -0.2) is 5.79 Å². The monoisotopic (exact) mass is 342 g/mol. The second kappa shape index (κ2) is 6.72. The first-order valence-electron chi connectivity index (χ1n) is 9.02. The number of ether oxygens (including phenoxy) is 2. The molecule has 0 atom stereocenters. The van der Waals surface area contributed by atoms with Crippen LogP contribution in [0.3, 0.4) is 0 Å². The summed E-state index contributed by atoms with van der Waals surface area (Å²) in [6, 6.07) is 28.7. The summed E-state index contributed by atoms with van der Waals surface area (Å²) in [6.45, 7) is 4.08. The van der Waals surface area contributed by atoms with Gasteiger partial charge in [0.2, 0.25) is 5.79 Å². The van der Waals surface area contributed by atoms with Crippen LogP contribution in [0.25, 0.3) is 21.5 Å². The molecule has 0 aromatic heterocycles. The molecular weight excluding hydrogens is 320 g/mol. The van der Waals surface area contributed by atoms with Crippen LogP contribution in [0.2, 0.25) is 0 Å². The van der Waals surface area contributed by atoms with Crippen molar-refractivity contribution >= 4 is 21.5 Å². The van der Waals surface area contributed by atoms with Crippen LogP contribution in [0, 0.1) is 0 Å². The predicted molar refractivity (Wildman–Crippen MR) is 108 cm³/mol. The van der Waals surface area contributed by atoms with Crippen molar-refractivity contribution in [3.8, 4) is 11.5 Å². The minimum absolute atomic E-state index is 0.722. The number of hydrogen-bond donors (Lipinski definition) is 0. The highest BCUT2D eigenvalue weighted by atomic mass is 16.7. The Labute approximate surface area is 154 Å². The van der Waals surface area contributed by atoms with E-state index < -0.39 is 5.79 Å². The van der Waals surface area contributed by atoms with Gasteiger partial charge in [-0.3, -0.25) is 0 Å². The van der Waals surface area contributed by atoms with E-state index in [2.05, 4.69) is 43.3 Å². The van der Waals surface area contributed by atoms with Gasteiger partial charge in [-0.25, -0.2) is 0 Å². The maximum absolute atomic E-state index is 6.40. The topological polar surface area (TPSA) is 18.5 Å². The molecule has 0 fully saturated rings. The first kappa shape index (κ1) is 16.5. The molecule has 4 aromatic carbocycles. The van der Waals surface area contributed by atoms with E-state index in [4.69, 9.17) is 9.47 Å². The number of hydrogen-bond acceptors (Lipinski definition) is 2. The Hall–Kier alpha value is -3.00. The van der Waals surface area contributed by atoms with Gasteiger partial charge in [0.1, 0.15) is 11.5 Å². The third-order valence-electron chi connectivity index (χ3n) is 4.79. The second-order valence-corrected chi connectivity index (χ2v) is 6.65. The molecule has 0 spiro atoms. The van der Waals surface area contributed by atoms with E-state index in [0.29, 0.717) is 0 Å². The molecule has 4 rings (SSSR count). The van der Waals surface area contributed by atoms with Gasteiger partial charge in [-0.05, 0) is 22.9 Å². The summed E-state index contributed by atoms with van der Waals surface area (Å²) >= 11 is 0. The molecule has 0 saturated heterocycles. The normalized spacial score (nSPS) is 11.6. The lowest BCUT2D eigenvalue weighted by Crippen LogP contribution is -2.38. The van der Waals surface area contributed by atoms with Crippen LogP contribution in [0.15, 0.2) is 84.9 Å². The quantitative estimate of drug-likeness (QED) is 0.382. The molecule has 2 heteroatoms. The van der Waals surface area contributed by atoms with Crippen LogP contribution in [0.5, 0.6) is 11.5 Å². The average Bonchev–Trinajstić information content (AvgIpc) is 2.69. The summed E-state index contributed by atoms with van der Waals surface area (Å²) in [5.41, 5.74) is 0. The van der Waals surface area contributed by atoms with Crippen molar-refractivity contribution in [3.05, 3.63) is 84.9 Å². The van der Waals surface area contributed by atoms with Crippen molar-refractivity contribution in [1.82, 2.24) is 0 Å². The van der Waals surface area contributed by atoms with Gasteiger partial charge in [-0.1, -0.05) is 79.7 Å². The van der Waals surface area contributed by atoms with Gasteiger partial charge in [0.05, 0.1) is 0 Å². The molecule has 0 unspecified atom stereocenters. The minimum atomic E-state index is -0.756. The molecule has 0 radical (unpaired) electrons. The van der Waals surface area contributed by atoms with Crippen molar-refractivity contribution in [3.63, 3.8) is 0 Å². The van der Waals surface area contributed by atoms with Gasteiger partial charge in [0, 0.05) is 24.1 Å². The summed E-state index contributed by atoms with van der Waals surface area (Å²) in [6.07, 6.45) is 0.722. The molecule has 4 aromatic rings. The predicted octanol–water partition coefficient (Wildman–Crippen LogP) is 6.58. The molecule has 0 N–H and O–H groups in total. The maximum atomic E-state index is 6.40. The lowest BCUT2D eigenvalue weighted by Gasteiger charge is -2.31. The van der Waals surface area contributed by atoms with Gasteiger partial charge in [0.15, 0.2) is 0 Å². The standard InChI is InChI=1S/C24H22O2/c1-3-24(2,25-22-16-8-12-18-10-4-6-14-20(18)22)26-23-17-9-13-19-11-5-7-15-21(19)23/h4-17H,3H2,1-2H3. The summed E-state index contributed by atoms with van der Waals surface area (Å²) in [5.74, 6) is 0.925. The van der Waals surface area contributed by atoms with Gasteiger partial charge in [0.25, 0.3) is 0 Å². The fourth-order valence-electron chi connectivity index (χ4n) is 3.20. The average molecular weight is 342 g/mol. The van der Waals surface area contributed by atoms with E-state index in [0.717, 1.165) is 39.5 Å². The van der Waals surface area contributed by atoms with Crippen molar-refractivity contribution in [2.24, 2.45) is 0 Å². The summed E-state index contributed by atoms with van der Waals surface area (Å²) in [5, 5.41) is 4.51. The van der Waals surface area contributed by atoms with Gasteiger partial charge >= 0.3 is 0 Å². The Bertz CT molecular complexity index is 960. The Morgan fingerprint density at radius 2 is 1.04 bits per heavy atom. The van der Waals surface area contributed by atoms with Crippen LogP contribution in [0.4, 0.5) is 0 Å². The van der Waals surface area contributed by atoms with Crippen LogP contribution in [-0.2, 0) is 0 Å². The second-order valence-electron chi connectivity index (χ2n) is 6.65.